The van der Waals surface area contributed by atoms with Crippen LogP contribution in [0.1, 0.15) is 12.5 Å². The molecule has 1 aliphatic rings. The summed E-state index contributed by atoms with van der Waals surface area (Å²) in [6.45, 7) is 2.12. The highest BCUT2D eigenvalue weighted by atomic mass is 127. The van der Waals surface area contributed by atoms with Gasteiger partial charge in [-0.2, -0.15) is 0 Å². The zero-order chi connectivity index (χ0) is 10.7. The Labute approximate surface area is 104 Å². The summed E-state index contributed by atoms with van der Waals surface area (Å²) in [6.07, 6.45) is 8.16. The van der Waals surface area contributed by atoms with Crippen LogP contribution in [0.4, 0.5) is 0 Å². The molecular weight excluding hydrogens is 297 g/mol. The van der Waals surface area contributed by atoms with E-state index in [1.165, 1.54) is 9.14 Å². The molecule has 1 atom stereocenters. The van der Waals surface area contributed by atoms with E-state index >= 15 is 0 Å². The number of aliphatic imine (C=N–C) groups is 1. The second-order valence-corrected chi connectivity index (χ2v) is 4.92. The molecule has 0 radical (unpaired) electrons. The van der Waals surface area contributed by atoms with Crippen LogP contribution >= 0.6 is 22.6 Å². The highest BCUT2D eigenvalue weighted by Gasteiger charge is 2.21. The van der Waals surface area contributed by atoms with Crippen molar-refractivity contribution in [3.8, 4) is 0 Å². The van der Waals surface area contributed by atoms with Crippen LogP contribution in [-0.2, 0) is 5.54 Å². The number of hydrogen-bond donors (Lipinski definition) is 0. The average molecular weight is 309 g/mol. The van der Waals surface area contributed by atoms with E-state index in [4.69, 9.17) is 0 Å². The summed E-state index contributed by atoms with van der Waals surface area (Å²) in [7, 11) is 0. The van der Waals surface area contributed by atoms with E-state index in [-0.39, 0.29) is 5.54 Å². The Bertz CT molecular complexity index is 431. The van der Waals surface area contributed by atoms with Crippen LogP contribution in [-0.4, -0.2) is 6.21 Å². The Hall–Kier alpha value is -0.900. The van der Waals surface area contributed by atoms with Crippen LogP contribution in [0.25, 0.3) is 0 Å². The van der Waals surface area contributed by atoms with Crippen molar-refractivity contribution in [3.63, 3.8) is 0 Å². The molecule has 15 heavy (non-hydrogen) atoms. The fourth-order valence-corrected chi connectivity index (χ4v) is 1.89. The highest BCUT2D eigenvalue weighted by molar-refractivity contribution is 14.1. The minimum absolute atomic E-state index is 0.231. The molecule has 0 fully saturated rings. The van der Waals surface area contributed by atoms with Crippen molar-refractivity contribution in [2.45, 2.75) is 12.5 Å². The Kier molecular flexibility index (Phi) is 3.05. The van der Waals surface area contributed by atoms with Crippen molar-refractivity contribution in [2.24, 2.45) is 4.99 Å². The third-order valence-electron chi connectivity index (χ3n) is 2.50. The van der Waals surface area contributed by atoms with Crippen molar-refractivity contribution in [1.29, 1.82) is 0 Å². The third kappa shape index (κ3) is 2.37. The standard InChI is InChI=1S/C13H12IN/c1-13(11-5-3-2-4-6-11)9-7-12(14)8-10-15-13/h2-10H,1H3. The molecule has 0 bridgehead atoms. The summed E-state index contributed by atoms with van der Waals surface area (Å²) < 4.78 is 1.20. The first-order chi connectivity index (χ1) is 7.21. The van der Waals surface area contributed by atoms with Gasteiger partial charge in [0.15, 0.2) is 0 Å². The SMILES string of the molecule is CC1(c2ccccc2)C=CC(I)=CC=N1. The zero-order valence-corrected chi connectivity index (χ0v) is 10.7. The van der Waals surface area contributed by atoms with Crippen LogP contribution < -0.4 is 0 Å². The smallest absolute Gasteiger partial charge is 0.101 e. The Morgan fingerprint density at radius 3 is 2.67 bits per heavy atom. The average Bonchev–Trinajstić information content (AvgIpc) is 2.44. The van der Waals surface area contributed by atoms with Crippen molar-refractivity contribution >= 4 is 28.8 Å². The van der Waals surface area contributed by atoms with Crippen LogP contribution in [0.5, 0.6) is 0 Å². The predicted octanol–water partition coefficient (Wildman–Crippen LogP) is 3.86. The zero-order valence-electron chi connectivity index (χ0n) is 8.52. The number of allylic oxidation sites excluding steroid dienone is 3. The first-order valence-electron chi connectivity index (χ1n) is 4.86. The quantitative estimate of drug-likeness (QED) is 0.699. The maximum atomic E-state index is 4.58. The third-order valence-corrected chi connectivity index (χ3v) is 3.22. The molecule has 0 saturated heterocycles. The number of benzene rings is 1. The van der Waals surface area contributed by atoms with Crippen LogP contribution in [0, 0.1) is 0 Å². The van der Waals surface area contributed by atoms with Gasteiger partial charge in [0.2, 0.25) is 0 Å². The van der Waals surface area contributed by atoms with Gasteiger partial charge in [-0.05, 0) is 41.2 Å². The van der Waals surface area contributed by atoms with Crippen LogP contribution in [0.15, 0.2) is 57.1 Å². The highest BCUT2D eigenvalue weighted by Crippen LogP contribution is 2.29. The number of hydrogen-bond acceptors (Lipinski definition) is 1. The molecule has 0 saturated carbocycles. The lowest BCUT2D eigenvalue weighted by atomic mass is 9.92. The maximum Gasteiger partial charge on any atom is 0.101 e. The minimum Gasteiger partial charge on any atom is -0.278 e. The summed E-state index contributed by atoms with van der Waals surface area (Å²) in [5.74, 6) is 0. The molecule has 0 N–H and O–H groups in total. The van der Waals surface area contributed by atoms with Gasteiger partial charge < -0.3 is 0 Å². The van der Waals surface area contributed by atoms with Gasteiger partial charge in [-0.15, -0.1) is 0 Å². The molecule has 0 spiro atoms. The van der Waals surface area contributed by atoms with Gasteiger partial charge in [0.25, 0.3) is 0 Å². The van der Waals surface area contributed by atoms with E-state index in [1.54, 1.807) is 0 Å². The van der Waals surface area contributed by atoms with E-state index in [9.17, 15) is 0 Å². The topological polar surface area (TPSA) is 12.4 Å². The van der Waals surface area contributed by atoms with Gasteiger partial charge in [0.05, 0.1) is 0 Å². The molecule has 1 nitrogen and oxygen atoms in total. The summed E-state index contributed by atoms with van der Waals surface area (Å²) in [5.41, 5.74) is 0.988. The summed E-state index contributed by atoms with van der Waals surface area (Å²) in [4.78, 5) is 4.58. The first-order valence-corrected chi connectivity index (χ1v) is 5.94. The summed E-state index contributed by atoms with van der Waals surface area (Å²) in [6, 6.07) is 10.3. The second kappa shape index (κ2) is 4.31. The molecule has 2 rings (SSSR count). The Morgan fingerprint density at radius 2 is 1.93 bits per heavy atom. The first kappa shape index (κ1) is 10.6. The molecular formula is C13H12IN. The fourth-order valence-electron chi connectivity index (χ4n) is 1.55. The molecule has 76 valence electrons. The van der Waals surface area contributed by atoms with E-state index in [0.717, 1.165) is 0 Å². The molecule has 2 heteroatoms. The molecule has 1 aromatic carbocycles. The lowest BCUT2D eigenvalue weighted by Gasteiger charge is -2.20. The Morgan fingerprint density at radius 1 is 1.20 bits per heavy atom. The Balaban J connectivity index is 2.41. The monoisotopic (exact) mass is 309 g/mol. The van der Waals surface area contributed by atoms with Gasteiger partial charge in [0, 0.05) is 9.79 Å². The van der Waals surface area contributed by atoms with E-state index in [0.29, 0.717) is 0 Å². The molecule has 0 amide bonds. The molecule has 1 aliphatic heterocycles. The minimum atomic E-state index is -0.231. The largest absolute Gasteiger partial charge is 0.278 e. The normalized spacial score (nSPS) is 24.8. The molecule has 1 aromatic rings. The molecule has 1 unspecified atom stereocenters. The number of halogens is 1. The van der Waals surface area contributed by atoms with Crippen molar-refractivity contribution < 1.29 is 0 Å². The number of nitrogens with zero attached hydrogens (tertiary/aromatic N) is 1. The van der Waals surface area contributed by atoms with Gasteiger partial charge in [-0.3, -0.25) is 4.99 Å². The van der Waals surface area contributed by atoms with Crippen molar-refractivity contribution in [3.05, 3.63) is 57.7 Å². The van der Waals surface area contributed by atoms with E-state index in [1.807, 2.05) is 30.5 Å². The van der Waals surface area contributed by atoms with Gasteiger partial charge in [-0.1, -0.05) is 42.5 Å². The summed E-state index contributed by atoms with van der Waals surface area (Å²) in [5, 5.41) is 0. The van der Waals surface area contributed by atoms with E-state index in [2.05, 4.69) is 58.8 Å². The van der Waals surface area contributed by atoms with Crippen molar-refractivity contribution in [2.75, 3.05) is 0 Å². The van der Waals surface area contributed by atoms with Crippen LogP contribution in [0.2, 0.25) is 0 Å². The van der Waals surface area contributed by atoms with Gasteiger partial charge in [0.1, 0.15) is 5.54 Å². The second-order valence-electron chi connectivity index (χ2n) is 3.68. The lowest BCUT2D eigenvalue weighted by molar-refractivity contribution is 0.638. The summed E-state index contributed by atoms with van der Waals surface area (Å²) >= 11 is 2.30. The van der Waals surface area contributed by atoms with Crippen LogP contribution in [0.3, 0.4) is 0 Å². The lowest BCUT2D eigenvalue weighted by Crippen LogP contribution is -2.15. The number of rotatable bonds is 1. The van der Waals surface area contributed by atoms with E-state index < -0.39 is 0 Å². The maximum absolute atomic E-state index is 4.58. The molecule has 0 aromatic heterocycles. The molecule has 1 heterocycles. The van der Waals surface area contributed by atoms with Gasteiger partial charge >= 0.3 is 0 Å². The molecule has 0 aliphatic carbocycles. The fraction of sp³-hybridized carbons (Fsp3) is 0.154. The predicted molar refractivity (Wildman–Crippen MR) is 73.5 cm³/mol. The van der Waals surface area contributed by atoms with Gasteiger partial charge in [-0.25, -0.2) is 0 Å². The van der Waals surface area contributed by atoms with Crippen molar-refractivity contribution in [1.82, 2.24) is 0 Å².